The second-order valence-corrected chi connectivity index (χ2v) is 8.35. The topological polar surface area (TPSA) is 78.0 Å². The van der Waals surface area contributed by atoms with Gasteiger partial charge in [0.25, 0.3) is 6.43 Å². The van der Waals surface area contributed by atoms with Crippen molar-refractivity contribution in [3.8, 4) is 0 Å². The van der Waals surface area contributed by atoms with Gasteiger partial charge in [0.1, 0.15) is 11.8 Å². The van der Waals surface area contributed by atoms with E-state index in [4.69, 9.17) is 4.74 Å². The summed E-state index contributed by atoms with van der Waals surface area (Å²) in [5, 5.41) is 1.97. The Morgan fingerprint density at radius 3 is 2.54 bits per heavy atom. The molecule has 35 heavy (non-hydrogen) atoms. The molecule has 2 aromatic rings. The van der Waals surface area contributed by atoms with Gasteiger partial charge in [0.2, 0.25) is 0 Å². The van der Waals surface area contributed by atoms with Gasteiger partial charge in [0, 0.05) is 63.7 Å². The van der Waals surface area contributed by atoms with Gasteiger partial charge in [-0.1, -0.05) is 0 Å². The van der Waals surface area contributed by atoms with Crippen LogP contribution in [-0.2, 0) is 16.1 Å². The summed E-state index contributed by atoms with van der Waals surface area (Å²) in [6, 6.07) is 5.90. The van der Waals surface area contributed by atoms with Crippen LogP contribution >= 0.6 is 0 Å². The number of cyclic esters (lactones) is 1. The number of carbonyl (C=O) groups excluding carboxylic acids is 2. The van der Waals surface area contributed by atoms with E-state index >= 15 is 8.78 Å². The van der Waals surface area contributed by atoms with Crippen molar-refractivity contribution in [1.82, 2.24) is 15.4 Å². The maximum Gasteiger partial charge on any atom is 0.414 e. The van der Waals surface area contributed by atoms with Crippen LogP contribution in [0.3, 0.4) is 0 Å². The molecule has 1 N–H and O–H groups in total. The molecule has 1 aromatic heterocycles. The van der Waals surface area contributed by atoms with Crippen LogP contribution in [0.2, 0.25) is 0 Å². The summed E-state index contributed by atoms with van der Waals surface area (Å²) < 4.78 is 60.0. The zero-order valence-electron chi connectivity index (χ0n) is 18.8. The standard InChI is InChI=1S/C23H25F4N5O3/c24-18-11-16(32-14-17(35-23(32)34)1-2-20(33)22(26)27)12-19(25)21(18)30-8-7-29-31(10-9-30)13-15-3-5-28-6-4-15/h3-6,11-12,17,22,29H,1-2,7-10,13-14H2/t17-/m0/s1. The predicted octanol–water partition coefficient (Wildman–Crippen LogP) is 3.13. The van der Waals surface area contributed by atoms with E-state index in [2.05, 4.69) is 10.4 Å². The molecule has 1 aromatic carbocycles. The normalized spacial score (nSPS) is 19.2. The maximum absolute atomic E-state index is 15.1. The van der Waals surface area contributed by atoms with Crippen molar-refractivity contribution in [2.45, 2.75) is 31.9 Å². The number of alkyl halides is 2. The number of pyridine rings is 1. The summed E-state index contributed by atoms with van der Waals surface area (Å²) in [6.07, 6.45) is -1.90. The number of Topliss-reactive ketones (excluding diaryl/α,β-unsaturated/α-hetero) is 1. The van der Waals surface area contributed by atoms with Crippen LogP contribution in [0.5, 0.6) is 0 Å². The van der Waals surface area contributed by atoms with Gasteiger partial charge in [-0.05, 0) is 24.1 Å². The van der Waals surface area contributed by atoms with Gasteiger partial charge in [-0.25, -0.2) is 27.4 Å². The van der Waals surface area contributed by atoms with E-state index in [0.717, 1.165) is 22.6 Å². The SMILES string of the molecule is O=C(CC[C@H]1CN(c2cc(F)c(N3CCNN(Cc4ccncc4)CC3)c(F)c2)C(=O)O1)C(F)F. The van der Waals surface area contributed by atoms with Crippen molar-refractivity contribution in [3.05, 3.63) is 53.9 Å². The number of hydrazine groups is 1. The molecule has 2 aliphatic heterocycles. The van der Waals surface area contributed by atoms with E-state index in [1.54, 1.807) is 17.3 Å². The summed E-state index contributed by atoms with van der Waals surface area (Å²) in [7, 11) is 0. The number of hydrogen-bond acceptors (Lipinski definition) is 7. The molecule has 0 aliphatic carbocycles. The Labute approximate surface area is 199 Å². The molecule has 3 heterocycles. The third-order valence-electron chi connectivity index (χ3n) is 5.94. The van der Waals surface area contributed by atoms with Crippen LogP contribution < -0.4 is 15.2 Å². The molecular formula is C23H25F4N5O3. The third-order valence-corrected chi connectivity index (χ3v) is 5.94. The minimum atomic E-state index is -3.09. The lowest BCUT2D eigenvalue weighted by Gasteiger charge is -2.25. The number of benzene rings is 1. The smallest absolute Gasteiger partial charge is 0.414 e. The molecule has 0 radical (unpaired) electrons. The van der Waals surface area contributed by atoms with Gasteiger partial charge < -0.3 is 9.64 Å². The number of nitrogens with zero attached hydrogens (tertiary/aromatic N) is 4. The number of ether oxygens (including phenoxy) is 1. The van der Waals surface area contributed by atoms with E-state index in [0.29, 0.717) is 32.7 Å². The molecular weight excluding hydrogens is 470 g/mol. The quantitative estimate of drug-likeness (QED) is 0.564. The van der Waals surface area contributed by atoms with Crippen molar-refractivity contribution >= 4 is 23.3 Å². The van der Waals surface area contributed by atoms with Crippen LogP contribution in [0.1, 0.15) is 18.4 Å². The Balaban J connectivity index is 1.40. The molecule has 8 nitrogen and oxygen atoms in total. The molecule has 0 unspecified atom stereocenters. The maximum atomic E-state index is 15.1. The fourth-order valence-corrected chi connectivity index (χ4v) is 4.15. The highest BCUT2D eigenvalue weighted by molar-refractivity contribution is 5.90. The molecule has 1 atom stereocenters. The number of anilines is 2. The second kappa shape index (κ2) is 11.0. The van der Waals surface area contributed by atoms with Gasteiger partial charge in [0.15, 0.2) is 17.4 Å². The van der Waals surface area contributed by atoms with Crippen molar-refractivity contribution in [2.75, 3.05) is 42.5 Å². The number of halogens is 4. The predicted molar refractivity (Wildman–Crippen MR) is 119 cm³/mol. The van der Waals surface area contributed by atoms with Gasteiger partial charge in [0.05, 0.1) is 12.2 Å². The van der Waals surface area contributed by atoms with Gasteiger partial charge in [-0.15, -0.1) is 0 Å². The minimum absolute atomic E-state index is 0.0382. The van der Waals surface area contributed by atoms with Crippen LogP contribution in [0.25, 0.3) is 0 Å². The fraction of sp³-hybridized carbons (Fsp3) is 0.435. The number of ketones is 1. The molecule has 2 fully saturated rings. The zero-order chi connectivity index (χ0) is 24.9. The second-order valence-electron chi connectivity index (χ2n) is 8.35. The van der Waals surface area contributed by atoms with Gasteiger partial charge in [-0.3, -0.25) is 20.1 Å². The van der Waals surface area contributed by atoms with Crippen LogP contribution in [-0.4, -0.2) is 67.1 Å². The highest BCUT2D eigenvalue weighted by Crippen LogP contribution is 2.32. The number of aromatic nitrogens is 1. The summed E-state index contributed by atoms with van der Waals surface area (Å²) in [4.78, 5) is 30.0. The van der Waals surface area contributed by atoms with Crippen molar-refractivity contribution in [2.24, 2.45) is 0 Å². The van der Waals surface area contributed by atoms with Crippen molar-refractivity contribution < 1.29 is 31.9 Å². The number of carbonyl (C=O) groups is 2. The molecule has 1 amide bonds. The molecule has 0 spiro atoms. The Bertz CT molecular complexity index is 1040. The highest BCUT2D eigenvalue weighted by Gasteiger charge is 2.34. The van der Waals surface area contributed by atoms with Crippen LogP contribution in [0.4, 0.5) is 33.7 Å². The van der Waals surface area contributed by atoms with E-state index in [1.165, 1.54) is 0 Å². The fourth-order valence-electron chi connectivity index (χ4n) is 4.15. The Morgan fingerprint density at radius 1 is 1.14 bits per heavy atom. The molecule has 2 aliphatic rings. The number of amides is 1. The molecule has 4 rings (SSSR count). The molecule has 0 saturated carbocycles. The minimum Gasteiger partial charge on any atom is -0.444 e. The van der Waals surface area contributed by atoms with E-state index in [-0.39, 0.29) is 24.3 Å². The molecule has 188 valence electrons. The van der Waals surface area contributed by atoms with Crippen molar-refractivity contribution in [1.29, 1.82) is 0 Å². The summed E-state index contributed by atoms with van der Waals surface area (Å²) in [6.45, 7) is 2.25. The Morgan fingerprint density at radius 2 is 1.86 bits per heavy atom. The Kier molecular flexibility index (Phi) is 7.81. The molecule has 0 bridgehead atoms. The summed E-state index contributed by atoms with van der Waals surface area (Å²) in [5.41, 5.74) is 4.08. The lowest BCUT2D eigenvalue weighted by atomic mass is 10.1. The van der Waals surface area contributed by atoms with Gasteiger partial charge in [-0.2, -0.15) is 0 Å². The lowest BCUT2D eigenvalue weighted by molar-refractivity contribution is -0.129. The lowest BCUT2D eigenvalue weighted by Crippen LogP contribution is -2.38. The molecule has 12 heteroatoms. The highest BCUT2D eigenvalue weighted by atomic mass is 19.3. The first-order valence-electron chi connectivity index (χ1n) is 11.2. The first kappa shape index (κ1) is 24.9. The first-order valence-corrected chi connectivity index (χ1v) is 11.2. The van der Waals surface area contributed by atoms with Crippen molar-refractivity contribution in [3.63, 3.8) is 0 Å². The number of nitrogens with one attached hydrogen (secondary N) is 1. The number of hydrogen-bond donors (Lipinski definition) is 1. The van der Waals surface area contributed by atoms with E-state index in [1.807, 2.05) is 17.1 Å². The van der Waals surface area contributed by atoms with Crippen LogP contribution in [0.15, 0.2) is 36.7 Å². The van der Waals surface area contributed by atoms with Crippen LogP contribution in [0, 0.1) is 11.6 Å². The average molecular weight is 495 g/mol. The van der Waals surface area contributed by atoms with E-state index in [9.17, 15) is 18.4 Å². The first-order chi connectivity index (χ1) is 16.8. The summed E-state index contributed by atoms with van der Waals surface area (Å²) in [5.74, 6) is -2.90. The average Bonchev–Trinajstić information content (AvgIpc) is 3.05. The largest absolute Gasteiger partial charge is 0.444 e. The Hall–Kier alpha value is -3.25. The third kappa shape index (κ3) is 6.06. The monoisotopic (exact) mass is 495 g/mol. The van der Waals surface area contributed by atoms with E-state index < -0.39 is 42.5 Å². The number of rotatable bonds is 8. The summed E-state index contributed by atoms with van der Waals surface area (Å²) >= 11 is 0. The zero-order valence-corrected chi connectivity index (χ0v) is 18.8. The molecule has 2 saturated heterocycles. The van der Waals surface area contributed by atoms with Gasteiger partial charge >= 0.3 is 6.09 Å².